The van der Waals surface area contributed by atoms with Crippen LogP contribution in [0.5, 0.6) is 0 Å². The molecule has 1 N–H and O–H groups in total. The molecule has 3 rings (SSSR count). The predicted octanol–water partition coefficient (Wildman–Crippen LogP) is 2.87. The first-order valence-electron chi connectivity index (χ1n) is 8.38. The molecule has 126 valence electrons. The van der Waals surface area contributed by atoms with Gasteiger partial charge in [0.15, 0.2) is 0 Å². The highest BCUT2D eigenvalue weighted by Gasteiger charge is 2.23. The number of carbonyl (C=O) groups excluding carboxylic acids is 1. The molecule has 2 heterocycles. The number of anilines is 1. The molecule has 0 spiro atoms. The van der Waals surface area contributed by atoms with Crippen molar-refractivity contribution in [3.05, 3.63) is 64.6 Å². The van der Waals surface area contributed by atoms with Gasteiger partial charge in [-0.2, -0.15) is 0 Å². The number of carbonyl (C=O) groups is 1. The van der Waals surface area contributed by atoms with Gasteiger partial charge in [0.1, 0.15) is 0 Å². The van der Waals surface area contributed by atoms with Crippen molar-refractivity contribution < 1.29 is 4.79 Å². The summed E-state index contributed by atoms with van der Waals surface area (Å²) in [5.41, 5.74) is 1.92. The molecule has 1 aromatic heterocycles. The average molecular weight is 325 g/mol. The fourth-order valence-corrected chi connectivity index (χ4v) is 3.16. The number of nitrogens with one attached hydrogen (secondary N) is 1. The van der Waals surface area contributed by atoms with Crippen LogP contribution >= 0.6 is 0 Å². The van der Waals surface area contributed by atoms with Gasteiger partial charge in [-0.3, -0.25) is 4.79 Å². The molecule has 1 fully saturated rings. The van der Waals surface area contributed by atoms with Gasteiger partial charge in [-0.25, -0.2) is 4.79 Å². The molecule has 1 saturated heterocycles. The third kappa shape index (κ3) is 4.04. The summed E-state index contributed by atoms with van der Waals surface area (Å²) in [6.45, 7) is 1.55. The Kier molecular flexibility index (Phi) is 4.99. The largest absolute Gasteiger partial charge is 0.325 e. The van der Waals surface area contributed by atoms with Crippen molar-refractivity contribution in [1.29, 1.82) is 0 Å². The number of hydrogen-bond acceptors (Lipinski definition) is 2. The van der Waals surface area contributed by atoms with Crippen LogP contribution < -0.4 is 10.9 Å². The number of amides is 2. The zero-order valence-corrected chi connectivity index (χ0v) is 13.9. The van der Waals surface area contributed by atoms with Gasteiger partial charge in [0.05, 0.1) is 5.69 Å². The summed E-state index contributed by atoms with van der Waals surface area (Å²) < 4.78 is 1.46. The van der Waals surface area contributed by atoms with Crippen molar-refractivity contribution >= 4 is 11.7 Å². The zero-order chi connectivity index (χ0) is 16.9. The minimum atomic E-state index is -0.0909. The molecule has 2 aromatic rings. The van der Waals surface area contributed by atoms with Crippen LogP contribution in [0.1, 0.15) is 18.4 Å². The predicted molar refractivity (Wildman–Crippen MR) is 95.1 cm³/mol. The van der Waals surface area contributed by atoms with Gasteiger partial charge in [0, 0.05) is 32.4 Å². The summed E-state index contributed by atoms with van der Waals surface area (Å²) in [7, 11) is 1.67. The number of nitrogens with zero attached hydrogens (tertiary/aromatic N) is 2. The Bertz CT molecular complexity index is 747. The summed E-state index contributed by atoms with van der Waals surface area (Å²) in [6.07, 6.45) is 4.77. The second-order valence-corrected chi connectivity index (χ2v) is 6.42. The summed E-state index contributed by atoms with van der Waals surface area (Å²) in [5, 5.41) is 2.87. The van der Waals surface area contributed by atoms with E-state index in [2.05, 4.69) is 29.6 Å². The smallest absolute Gasteiger partial charge is 0.321 e. The maximum Gasteiger partial charge on any atom is 0.321 e. The average Bonchev–Trinajstić information content (AvgIpc) is 2.60. The monoisotopic (exact) mass is 325 g/mol. The Labute approximate surface area is 141 Å². The number of hydrogen-bond donors (Lipinski definition) is 1. The van der Waals surface area contributed by atoms with Crippen LogP contribution in [0.4, 0.5) is 10.5 Å². The minimum absolute atomic E-state index is 0.0882. The first-order valence-corrected chi connectivity index (χ1v) is 8.38. The molecule has 0 aliphatic carbocycles. The zero-order valence-electron chi connectivity index (χ0n) is 13.9. The lowest BCUT2D eigenvalue weighted by Crippen LogP contribution is -2.41. The van der Waals surface area contributed by atoms with Crippen LogP contribution in [0.15, 0.2) is 53.5 Å². The normalized spacial score (nSPS) is 15.3. The number of pyridine rings is 1. The highest BCUT2D eigenvalue weighted by molar-refractivity contribution is 5.89. The minimum Gasteiger partial charge on any atom is -0.325 e. The lowest BCUT2D eigenvalue weighted by Gasteiger charge is -2.32. The Hall–Kier alpha value is -2.56. The van der Waals surface area contributed by atoms with Crippen LogP contribution in [0.3, 0.4) is 0 Å². The Morgan fingerprint density at radius 2 is 1.83 bits per heavy atom. The van der Waals surface area contributed by atoms with Crippen LogP contribution in [0, 0.1) is 5.92 Å². The molecule has 0 atom stereocenters. The number of aromatic nitrogens is 1. The van der Waals surface area contributed by atoms with E-state index in [4.69, 9.17) is 0 Å². The molecule has 24 heavy (non-hydrogen) atoms. The molecule has 0 unspecified atom stereocenters. The summed E-state index contributed by atoms with van der Waals surface area (Å²) >= 11 is 0. The van der Waals surface area contributed by atoms with Crippen molar-refractivity contribution in [1.82, 2.24) is 9.47 Å². The SMILES string of the molecule is Cn1cc(NC(=O)N2CCC(Cc3ccccc3)CC2)ccc1=O. The number of benzene rings is 1. The fraction of sp³-hybridized carbons (Fsp3) is 0.368. The number of piperidine rings is 1. The van der Waals surface area contributed by atoms with Gasteiger partial charge in [-0.05, 0) is 36.8 Å². The van der Waals surface area contributed by atoms with Crippen molar-refractivity contribution in [2.75, 3.05) is 18.4 Å². The van der Waals surface area contributed by atoms with Crippen LogP contribution in [0.2, 0.25) is 0 Å². The van der Waals surface area contributed by atoms with E-state index in [9.17, 15) is 9.59 Å². The second-order valence-electron chi connectivity index (χ2n) is 6.42. The lowest BCUT2D eigenvalue weighted by molar-refractivity contribution is 0.182. The molecule has 1 aliphatic heterocycles. The first kappa shape index (κ1) is 16.3. The molecule has 1 aliphatic rings. The maximum atomic E-state index is 12.4. The van der Waals surface area contributed by atoms with Crippen LogP contribution in [0.25, 0.3) is 0 Å². The molecule has 5 nitrogen and oxygen atoms in total. The van der Waals surface area contributed by atoms with Gasteiger partial charge in [-0.15, -0.1) is 0 Å². The third-order valence-electron chi connectivity index (χ3n) is 4.61. The number of likely N-dealkylation sites (tertiary alicyclic amines) is 1. The van der Waals surface area contributed by atoms with Gasteiger partial charge in [0.2, 0.25) is 5.56 Å². The van der Waals surface area contributed by atoms with E-state index < -0.39 is 0 Å². The van der Waals surface area contributed by atoms with Crippen molar-refractivity contribution in [3.63, 3.8) is 0 Å². The third-order valence-corrected chi connectivity index (χ3v) is 4.61. The Morgan fingerprint density at radius 1 is 1.12 bits per heavy atom. The van der Waals surface area contributed by atoms with Gasteiger partial charge >= 0.3 is 6.03 Å². The highest BCUT2D eigenvalue weighted by atomic mass is 16.2. The van der Waals surface area contributed by atoms with E-state index in [-0.39, 0.29) is 11.6 Å². The van der Waals surface area contributed by atoms with E-state index >= 15 is 0 Å². The van der Waals surface area contributed by atoms with E-state index in [0.717, 1.165) is 32.4 Å². The summed E-state index contributed by atoms with van der Waals surface area (Å²) in [5.74, 6) is 0.633. The quantitative estimate of drug-likeness (QED) is 0.943. The van der Waals surface area contributed by atoms with Crippen molar-refractivity contribution in [2.45, 2.75) is 19.3 Å². The molecule has 5 heteroatoms. The van der Waals surface area contributed by atoms with Crippen molar-refractivity contribution in [3.8, 4) is 0 Å². The molecule has 0 saturated carbocycles. The van der Waals surface area contributed by atoms with Gasteiger partial charge in [0.25, 0.3) is 0 Å². The van der Waals surface area contributed by atoms with Crippen molar-refractivity contribution in [2.24, 2.45) is 13.0 Å². The van der Waals surface area contributed by atoms with Gasteiger partial charge in [-0.1, -0.05) is 30.3 Å². The maximum absolute atomic E-state index is 12.4. The van der Waals surface area contributed by atoms with Crippen LogP contribution in [-0.4, -0.2) is 28.6 Å². The lowest BCUT2D eigenvalue weighted by atomic mass is 9.90. The fourth-order valence-electron chi connectivity index (χ4n) is 3.16. The summed E-state index contributed by atoms with van der Waals surface area (Å²) in [4.78, 5) is 25.6. The highest BCUT2D eigenvalue weighted by Crippen LogP contribution is 2.22. The molecule has 2 amide bonds. The van der Waals surface area contributed by atoms with Gasteiger partial charge < -0.3 is 14.8 Å². The number of urea groups is 1. The molecule has 1 aromatic carbocycles. The molecular weight excluding hydrogens is 302 g/mol. The standard InChI is InChI=1S/C19H23N3O2/c1-21-14-17(7-8-18(21)23)20-19(24)22-11-9-16(10-12-22)13-15-5-3-2-4-6-15/h2-8,14,16H,9-13H2,1H3,(H,20,24). The van der Waals surface area contributed by atoms with E-state index in [1.807, 2.05) is 11.0 Å². The molecule has 0 bridgehead atoms. The van der Waals surface area contributed by atoms with E-state index in [1.54, 1.807) is 19.3 Å². The molecule has 0 radical (unpaired) electrons. The number of aryl methyl sites for hydroxylation is 1. The molecular formula is C19H23N3O2. The van der Waals surface area contributed by atoms with Crippen LogP contribution in [-0.2, 0) is 13.5 Å². The van der Waals surface area contributed by atoms with E-state index in [0.29, 0.717) is 11.6 Å². The second kappa shape index (κ2) is 7.34. The Balaban J connectivity index is 1.51. The first-order chi connectivity index (χ1) is 11.6. The Morgan fingerprint density at radius 3 is 2.50 bits per heavy atom. The summed E-state index contributed by atoms with van der Waals surface area (Å²) in [6, 6.07) is 13.5. The van der Waals surface area contributed by atoms with E-state index in [1.165, 1.54) is 16.2 Å². The number of rotatable bonds is 3. The topological polar surface area (TPSA) is 54.3 Å².